The van der Waals surface area contributed by atoms with Crippen LogP contribution in [-0.2, 0) is 22.6 Å². The van der Waals surface area contributed by atoms with Gasteiger partial charge in [0.15, 0.2) is 0 Å². The molecule has 124 valence electrons. The molecule has 22 heavy (non-hydrogen) atoms. The second-order valence-electron chi connectivity index (χ2n) is 6.15. The molecule has 0 saturated carbocycles. The molecular weight excluding hydrogens is 298 g/mol. The number of rotatable bonds is 5. The first-order chi connectivity index (χ1) is 10.4. The average molecular weight is 325 g/mol. The van der Waals surface area contributed by atoms with Gasteiger partial charge < -0.3 is 4.74 Å². The molecule has 0 amide bonds. The third-order valence-electron chi connectivity index (χ3n) is 4.16. The number of nitrogens with zero attached hydrogens (tertiary/aromatic N) is 3. The number of ether oxygens (including phenoxy) is 1. The van der Waals surface area contributed by atoms with Gasteiger partial charge in [0.05, 0.1) is 25.8 Å². The van der Waals surface area contributed by atoms with Crippen LogP contribution in [0.4, 0.5) is 0 Å². The standard InChI is InChI=1S/C16H27N3O2S/c1-11-8-18(9-12(2)22-11)10-15-13(3)17-19(14(15)4)7-6-16(20)21-5/h11-12H,6-10H2,1-5H3/t11-,12-/m0/s1. The van der Waals surface area contributed by atoms with Gasteiger partial charge in [0.2, 0.25) is 0 Å². The molecule has 0 radical (unpaired) electrons. The zero-order valence-corrected chi connectivity index (χ0v) is 15.1. The molecule has 0 aromatic carbocycles. The van der Waals surface area contributed by atoms with E-state index in [9.17, 15) is 4.79 Å². The van der Waals surface area contributed by atoms with E-state index in [1.54, 1.807) is 0 Å². The Bertz CT molecular complexity index is 520. The number of thioether (sulfide) groups is 1. The van der Waals surface area contributed by atoms with Crippen LogP contribution in [0.5, 0.6) is 0 Å². The summed E-state index contributed by atoms with van der Waals surface area (Å²) < 4.78 is 6.64. The SMILES string of the molecule is COC(=O)CCn1nc(C)c(CN2C[C@H](C)S[C@@H](C)C2)c1C. The van der Waals surface area contributed by atoms with Gasteiger partial charge in [0, 0.05) is 41.4 Å². The van der Waals surface area contributed by atoms with Crippen molar-refractivity contribution < 1.29 is 9.53 Å². The molecule has 0 N–H and O–H groups in total. The molecule has 2 atom stereocenters. The Balaban J connectivity index is 2.05. The largest absolute Gasteiger partial charge is 0.469 e. The van der Waals surface area contributed by atoms with Gasteiger partial charge in [-0.1, -0.05) is 13.8 Å². The van der Waals surface area contributed by atoms with Gasteiger partial charge in [-0.25, -0.2) is 0 Å². The highest BCUT2D eigenvalue weighted by Gasteiger charge is 2.24. The molecule has 6 heteroatoms. The van der Waals surface area contributed by atoms with Gasteiger partial charge in [-0.05, 0) is 13.8 Å². The summed E-state index contributed by atoms with van der Waals surface area (Å²) in [6, 6.07) is 0. The van der Waals surface area contributed by atoms with Gasteiger partial charge >= 0.3 is 5.97 Å². The van der Waals surface area contributed by atoms with Crippen molar-refractivity contribution in [2.24, 2.45) is 0 Å². The van der Waals surface area contributed by atoms with Crippen molar-refractivity contribution in [2.45, 2.75) is 57.7 Å². The maximum Gasteiger partial charge on any atom is 0.307 e. The molecule has 1 aromatic rings. The lowest BCUT2D eigenvalue weighted by molar-refractivity contribution is -0.140. The number of hydrogen-bond donors (Lipinski definition) is 0. The second kappa shape index (κ2) is 7.51. The van der Waals surface area contributed by atoms with E-state index in [-0.39, 0.29) is 5.97 Å². The van der Waals surface area contributed by atoms with Gasteiger partial charge in [-0.2, -0.15) is 16.9 Å². The van der Waals surface area contributed by atoms with Gasteiger partial charge in [-0.3, -0.25) is 14.4 Å². The molecule has 2 heterocycles. The smallest absolute Gasteiger partial charge is 0.307 e. The minimum Gasteiger partial charge on any atom is -0.469 e. The summed E-state index contributed by atoms with van der Waals surface area (Å²) in [7, 11) is 1.42. The lowest BCUT2D eigenvalue weighted by Crippen LogP contribution is -2.39. The van der Waals surface area contributed by atoms with Crippen LogP contribution in [0.1, 0.15) is 37.2 Å². The van der Waals surface area contributed by atoms with Crippen LogP contribution in [0.3, 0.4) is 0 Å². The van der Waals surface area contributed by atoms with E-state index in [1.165, 1.54) is 18.4 Å². The summed E-state index contributed by atoms with van der Waals surface area (Å²) in [5, 5.41) is 5.96. The highest BCUT2D eigenvalue weighted by atomic mass is 32.2. The minimum atomic E-state index is -0.190. The van der Waals surface area contributed by atoms with Crippen LogP contribution in [0.2, 0.25) is 0 Å². The molecule has 1 fully saturated rings. The topological polar surface area (TPSA) is 47.4 Å². The number of carbonyl (C=O) groups is 1. The van der Waals surface area contributed by atoms with Crippen molar-refractivity contribution in [3.63, 3.8) is 0 Å². The zero-order chi connectivity index (χ0) is 16.3. The molecule has 1 saturated heterocycles. The Morgan fingerprint density at radius 1 is 1.32 bits per heavy atom. The highest BCUT2D eigenvalue weighted by Crippen LogP contribution is 2.27. The lowest BCUT2D eigenvalue weighted by Gasteiger charge is -2.34. The van der Waals surface area contributed by atoms with E-state index in [2.05, 4.69) is 49.5 Å². The van der Waals surface area contributed by atoms with E-state index in [0.717, 1.165) is 25.3 Å². The van der Waals surface area contributed by atoms with Gasteiger partial charge in [-0.15, -0.1) is 0 Å². The summed E-state index contributed by atoms with van der Waals surface area (Å²) in [5.41, 5.74) is 3.54. The summed E-state index contributed by atoms with van der Waals surface area (Å²) in [6.45, 7) is 12.5. The third-order valence-corrected chi connectivity index (χ3v) is 5.39. The van der Waals surface area contributed by atoms with Crippen molar-refractivity contribution >= 4 is 17.7 Å². The van der Waals surface area contributed by atoms with Crippen molar-refractivity contribution in [1.29, 1.82) is 0 Å². The quantitative estimate of drug-likeness (QED) is 0.778. The molecule has 1 aliphatic heterocycles. The minimum absolute atomic E-state index is 0.190. The van der Waals surface area contributed by atoms with E-state index < -0.39 is 0 Å². The fourth-order valence-corrected chi connectivity index (χ4v) is 4.50. The molecule has 0 aliphatic carbocycles. The van der Waals surface area contributed by atoms with Crippen molar-refractivity contribution in [2.75, 3.05) is 20.2 Å². The Kier molecular flexibility index (Phi) is 5.92. The van der Waals surface area contributed by atoms with E-state index in [1.807, 2.05) is 4.68 Å². The third kappa shape index (κ3) is 4.26. The molecule has 2 rings (SSSR count). The van der Waals surface area contributed by atoms with Crippen LogP contribution in [0, 0.1) is 13.8 Å². The summed E-state index contributed by atoms with van der Waals surface area (Å²) in [6.07, 6.45) is 0.367. The molecular formula is C16H27N3O2S. The maximum atomic E-state index is 11.3. The Hall–Kier alpha value is -1.01. The number of aryl methyl sites for hydroxylation is 2. The Labute approximate surface area is 137 Å². The van der Waals surface area contributed by atoms with Crippen molar-refractivity contribution in [1.82, 2.24) is 14.7 Å². The number of aromatic nitrogens is 2. The van der Waals surface area contributed by atoms with Crippen molar-refractivity contribution in [3.8, 4) is 0 Å². The maximum absolute atomic E-state index is 11.3. The van der Waals surface area contributed by atoms with E-state index in [4.69, 9.17) is 4.74 Å². The fourth-order valence-electron chi connectivity index (χ4n) is 3.12. The van der Waals surface area contributed by atoms with Crippen LogP contribution in [-0.4, -0.2) is 51.3 Å². The fraction of sp³-hybridized carbons (Fsp3) is 0.750. The first-order valence-corrected chi connectivity index (χ1v) is 8.82. The van der Waals surface area contributed by atoms with Crippen LogP contribution in [0.15, 0.2) is 0 Å². The first kappa shape index (κ1) is 17.3. The number of esters is 1. The number of carbonyl (C=O) groups excluding carboxylic acids is 1. The predicted molar refractivity (Wildman–Crippen MR) is 90.1 cm³/mol. The van der Waals surface area contributed by atoms with Crippen LogP contribution >= 0.6 is 11.8 Å². The summed E-state index contributed by atoms with van der Waals surface area (Å²) >= 11 is 2.07. The monoisotopic (exact) mass is 325 g/mol. The van der Waals surface area contributed by atoms with Crippen LogP contribution in [0.25, 0.3) is 0 Å². The molecule has 1 aromatic heterocycles. The summed E-state index contributed by atoms with van der Waals surface area (Å²) in [4.78, 5) is 13.8. The Morgan fingerprint density at radius 2 is 1.95 bits per heavy atom. The first-order valence-electron chi connectivity index (χ1n) is 7.88. The predicted octanol–water partition coefficient (Wildman–Crippen LogP) is 2.39. The second-order valence-corrected chi connectivity index (χ2v) is 8.03. The number of hydrogen-bond acceptors (Lipinski definition) is 5. The van der Waals surface area contributed by atoms with Crippen LogP contribution < -0.4 is 0 Å². The molecule has 0 bridgehead atoms. The van der Waals surface area contributed by atoms with Gasteiger partial charge in [0.25, 0.3) is 0 Å². The average Bonchev–Trinajstić information content (AvgIpc) is 2.71. The summed E-state index contributed by atoms with van der Waals surface area (Å²) in [5.74, 6) is -0.190. The lowest BCUT2D eigenvalue weighted by atomic mass is 10.1. The van der Waals surface area contributed by atoms with Gasteiger partial charge in [0.1, 0.15) is 0 Å². The Morgan fingerprint density at radius 3 is 2.55 bits per heavy atom. The molecule has 5 nitrogen and oxygen atoms in total. The van der Waals surface area contributed by atoms with E-state index in [0.29, 0.717) is 23.5 Å². The normalized spacial score (nSPS) is 22.8. The number of methoxy groups -OCH3 is 1. The highest BCUT2D eigenvalue weighted by molar-refractivity contribution is 8.00. The van der Waals surface area contributed by atoms with E-state index >= 15 is 0 Å². The zero-order valence-electron chi connectivity index (χ0n) is 14.3. The molecule has 0 spiro atoms. The molecule has 1 aliphatic rings. The molecule has 0 unspecified atom stereocenters. The van der Waals surface area contributed by atoms with Crippen molar-refractivity contribution in [3.05, 3.63) is 17.0 Å².